The number of carbonyl (C=O) groups is 1. The lowest BCUT2D eigenvalue weighted by molar-refractivity contribution is -0.122. The molecule has 0 rings (SSSR count). The second kappa shape index (κ2) is 5.47. The minimum absolute atomic E-state index is 0.0642. The molecule has 0 saturated heterocycles. The molecule has 12 heavy (non-hydrogen) atoms. The molecule has 0 fully saturated rings. The Labute approximate surface area is 78.5 Å². The first-order valence-electron chi connectivity index (χ1n) is 3.33. The van der Waals surface area contributed by atoms with Crippen molar-refractivity contribution in [3.05, 3.63) is 0 Å². The summed E-state index contributed by atoms with van der Waals surface area (Å²) in [5, 5.41) is 28.7. The summed E-state index contributed by atoms with van der Waals surface area (Å²) in [5.74, 6) is -0.396. The number of hydrogen-bond donors (Lipinski definition) is 4. The summed E-state index contributed by atoms with van der Waals surface area (Å²) in [7, 11) is 0. The molecule has 0 radical (unpaired) electrons. The number of hydrogen-bond acceptors (Lipinski definition) is 4. The first-order valence-corrected chi connectivity index (χ1v) is 4.46. The van der Waals surface area contributed by atoms with Gasteiger partial charge in [-0.05, 0) is 0 Å². The van der Waals surface area contributed by atoms with Crippen LogP contribution in [0.4, 0.5) is 0 Å². The summed E-state index contributed by atoms with van der Waals surface area (Å²) in [6, 6.07) is 0. The lowest BCUT2D eigenvalue weighted by Crippen LogP contribution is -2.57. The highest BCUT2D eigenvalue weighted by Gasteiger charge is 2.29. The maximum atomic E-state index is 10.8. The van der Waals surface area contributed by atoms with Gasteiger partial charge in [0.05, 0.1) is 25.2 Å². The summed E-state index contributed by atoms with van der Waals surface area (Å²) in [5.41, 5.74) is -1.31. The third-order valence-electron chi connectivity index (χ3n) is 1.43. The van der Waals surface area contributed by atoms with E-state index in [-0.39, 0.29) is 5.33 Å². The van der Waals surface area contributed by atoms with Crippen molar-refractivity contribution in [2.75, 3.05) is 25.2 Å². The molecule has 0 atom stereocenters. The molecule has 0 aliphatic heterocycles. The van der Waals surface area contributed by atoms with Gasteiger partial charge in [0.15, 0.2) is 0 Å². The zero-order valence-corrected chi connectivity index (χ0v) is 8.04. The molecule has 0 aromatic rings. The quantitative estimate of drug-likeness (QED) is 0.429. The van der Waals surface area contributed by atoms with Crippen LogP contribution in [0.1, 0.15) is 0 Å². The van der Waals surface area contributed by atoms with Crippen LogP contribution in [0.3, 0.4) is 0 Å². The summed E-state index contributed by atoms with van der Waals surface area (Å²) in [6.45, 7) is -1.50. The molecule has 0 unspecified atom stereocenters. The zero-order valence-electron chi connectivity index (χ0n) is 6.46. The highest BCUT2D eigenvalue weighted by molar-refractivity contribution is 9.09. The van der Waals surface area contributed by atoms with Gasteiger partial charge in [-0.15, -0.1) is 0 Å². The number of carbonyl (C=O) groups excluding carboxylic acids is 1. The van der Waals surface area contributed by atoms with Crippen molar-refractivity contribution in [2.45, 2.75) is 5.54 Å². The fourth-order valence-corrected chi connectivity index (χ4v) is 0.738. The monoisotopic (exact) mass is 241 g/mol. The molecule has 72 valence electrons. The molecule has 0 aromatic heterocycles. The van der Waals surface area contributed by atoms with Crippen LogP contribution in [0.5, 0.6) is 0 Å². The van der Waals surface area contributed by atoms with E-state index in [0.29, 0.717) is 0 Å². The number of rotatable bonds is 5. The standard InChI is InChI=1S/C6H12BrNO4/c7-1-5(12)8-6(2-9,3-10)4-11/h9-11H,1-4H2,(H,8,12). The van der Waals surface area contributed by atoms with E-state index in [4.69, 9.17) is 15.3 Å². The van der Waals surface area contributed by atoms with Gasteiger partial charge in [-0.2, -0.15) is 0 Å². The second-order valence-electron chi connectivity index (χ2n) is 2.44. The summed E-state index contributed by atoms with van der Waals surface area (Å²) in [6.07, 6.45) is 0. The number of halogens is 1. The van der Waals surface area contributed by atoms with Crippen LogP contribution >= 0.6 is 15.9 Å². The predicted octanol–water partition coefficient (Wildman–Crippen LogP) is -1.79. The molecule has 0 bridgehead atoms. The van der Waals surface area contributed by atoms with Crippen LogP contribution in [0.15, 0.2) is 0 Å². The van der Waals surface area contributed by atoms with Crippen molar-refractivity contribution in [3.8, 4) is 0 Å². The first kappa shape index (κ1) is 11.8. The number of alkyl halides is 1. The summed E-state index contributed by atoms with van der Waals surface area (Å²) in [4.78, 5) is 10.8. The summed E-state index contributed by atoms with van der Waals surface area (Å²) < 4.78 is 0. The van der Waals surface area contributed by atoms with Gasteiger partial charge in [0.2, 0.25) is 5.91 Å². The smallest absolute Gasteiger partial charge is 0.231 e. The Hall–Kier alpha value is -0.170. The van der Waals surface area contributed by atoms with Crippen molar-refractivity contribution in [1.29, 1.82) is 0 Å². The van der Waals surface area contributed by atoms with E-state index in [1.807, 2.05) is 0 Å². The Balaban J connectivity index is 4.19. The van der Waals surface area contributed by atoms with E-state index in [1.165, 1.54) is 0 Å². The number of nitrogens with one attached hydrogen (secondary N) is 1. The molecule has 0 aliphatic carbocycles. The summed E-state index contributed by atoms with van der Waals surface area (Å²) >= 11 is 2.90. The average Bonchev–Trinajstić information content (AvgIpc) is 2.14. The van der Waals surface area contributed by atoms with E-state index < -0.39 is 31.3 Å². The van der Waals surface area contributed by atoms with E-state index in [1.54, 1.807) is 0 Å². The molecular formula is C6H12BrNO4. The zero-order chi connectivity index (χ0) is 9.61. The minimum Gasteiger partial charge on any atom is -0.394 e. The third-order valence-corrected chi connectivity index (χ3v) is 1.94. The van der Waals surface area contributed by atoms with Gasteiger partial charge in [0, 0.05) is 0 Å². The maximum Gasteiger partial charge on any atom is 0.231 e. The second-order valence-corrected chi connectivity index (χ2v) is 3.00. The molecular weight excluding hydrogens is 230 g/mol. The number of amides is 1. The molecule has 0 spiro atoms. The van der Waals surface area contributed by atoms with Gasteiger partial charge in [-0.1, -0.05) is 15.9 Å². The predicted molar refractivity (Wildman–Crippen MR) is 45.9 cm³/mol. The van der Waals surface area contributed by atoms with Crippen molar-refractivity contribution >= 4 is 21.8 Å². The molecule has 0 aliphatic rings. The van der Waals surface area contributed by atoms with E-state index in [9.17, 15) is 4.79 Å². The Morgan fingerprint density at radius 1 is 1.25 bits per heavy atom. The van der Waals surface area contributed by atoms with Gasteiger partial charge < -0.3 is 20.6 Å². The number of aliphatic hydroxyl groups excluding tert-OH is 3. The Morgan fingerprint density at radius 3 is 1.92 bits per heavy atom. The third kappa shape index (κ3) is 3.06. The molecule has 4 N–H and O–H groups in total. The van der Waals surface area contributed by atoms with Crippen molar-refractivity contribution in [1.82, 2.24) is 5.32 Å². The van der Waals surface area contributed by atoms with Crippen LogP contribution in [-0.2, 0) is 4.79 Å². The average molecular weight is 242 g/mol. The van der Waals surface area contributed by atoms with E-state index >= 15 is 0 Å². The Bertz CT molecular complexity index is 140. The topological polar surface area (TPSA) is 89.8 Å². The van der Waals surface area contributed by atoms with Crippen LogP contribution in [0.2, 0.25) is 0 Å². The van der Waals surface area contributed by atoms with Gasteiger partial charge >= 0.3 is 0 Å². The van der Waals surface area contributed by atoms with Gasteiger partial charge in [-0.25, -0.2) is 0 Å². The lowest BCUT2D eigenvalue weighted by atomic mass is 10.0. The molecule has 0 aromatic carbocycles. The van der Waals surface area contributed by atoms with E-state index in [0.717, 1.165) is 0 Å². The molecule has 0 heterocycles. The number of aliphatic hydroxyl groups is 3. The Morgan fingerprint density at radius 2 is 1.67 bits per heavy atom. The molecule has 0 saturated carbocycles. The van der Waals surface area contributed by atoms with Crippen molar-refractivity contribution in [3.63, 3.8) is 0 Å². The van der Waals surface area contributed by atoms with Crippen LogP contribution < -0.4 is 5.32 Å². The van der Waals surface area contributed by atoms with E-state index in [2.05, 4.69) is 21.2 Å². The molecule has 6 heteroatoms. The lowest BCUT2D eigenvalue weighted by Gasteiger charge is -2.28. The van der Waals surface area contributed by atoms with Crippen molar-refractivity contribution < 1.29 is 20.1 Å². The van der Waals surface area contributed by atoms with Gasteiger partial charge in [0.1, 0.15) is 5.54 Å². The first-order chi connectivity index (χ1) is 5.64. The maximum absolute atomic E-state index is 10.8. The van der Waals surface area contributed by atoms with Crippen LogP contribution in [0.25, 0.3) is 0 Å². The minimum atomic E-state index is -1.31. The van der Waals surface area contributed by atoms with Gasteiger partial charge in [0.25, 0.3) is 0 Å². The van der Waals surface area contributed by atoms with Crippen LogP contribution in [0, 0.1) is 0 Å². The highest BCUT2D eigenvalue weighted by Crippen LogP contribution is 2.01. The Kier molecular flexibility index (Phi) is 5.39. The fourth-order valence-electron chi connectivity index (χ4n) is 0.598. The fraction of sp³-hybridized carbons (Fsp3) is 0.833. The SMILES string of the molecule is O=C(CBr)NC(CO)(CO)CO. The highest BCUT2D eigenvalue weighted by atomic mass is 79.9. The van der Waals surface area contributed by atoms with Crippen LogP contribution in [-0.4, -0.2) is 51.9 Å². The normalized spacial score (nSPS) is 11.3. The molecule has 1 amide bonds. The molecule has 5 nitrogen and oxygen atoms in total. The van der Waals surface area contributed by atoms with Gasteiger partial charge in [-0.3, -0.25) is 4.79 Å². The largest absolute Gasteiger partial charge is 0.394 e. The van der Waals surface area contributed by atoms with Crippen molar-refractivity contribution in [2.24, 2.45) is 0 Å².